The molecule has 5 nitrogen and oxygen atoms in total. The molecule has 0 aromatic heterocycles. The topological polar surface area (TPSA) is 54.9 Å². The van der Waals surface area contributed by atoms with Gasteiger partial charge in [-0.15, -0.1) is 0 Å². The Labute approximate surface area is 180 Å². The van der Waals surface area contributed by atoms with Crippen molar-refractivity contribution in [2.75, 3.05) is 46.1 Å². The second kappa shape index (κ2) is 13.0. The molecule has 1 unspecified atom stereocenters. The largest absolute Gasteiger partial charge is 0.381 e. The number of benzene rings is 2. The minimum absolute atomic E-state index is 0.236. The molecule has 2 aromatic carbocycles. The number of ether oxygens (including phenoxy) is 2. The SMILES string of the molecule is CCNC(=NCC(c1ccccc1)c1ccccc1)NCCCOCC1CCOC1. The number of hydrogen-bond donors (Lipinski definition) is 2. The van der Waals surface area contributed by atoms with Crippen LogP contribution in [0.3, 0.4) is 0 Å². The average Bonchev–Trinajstić information content (AvgIpc) is 3.31. The Kier molecular flexibility index (Phi) is 9.70. The van der Waals surface area contributed by atoms with Gasteiger partial charge >= 0.3 is 0 Å². The van der Waals surface area contributed by atoms with Crippen molar-refractivity contribution in [1.29, 1.82) is 0 Å². The molecule has 1 atom stereocenters. The van der Waals surface area contributed by atoms with Crippen LogP contribution in [-0.2, 0) is 9.47 Å². The van der Waals surface area contributed by atoms with Gasteiger partial charge in [0.05, 0.1) is 19.8 Å². The molecular weight excluding hydrogens is 374 g/mol. The maximum atomic E-state index is 5.79. The van der Waals surface area contributed by atoms with Crippen molar-refractivity contribution in [2.24, 2.45) is 10.9 Å². The van der Waals surface area contributed by atoms with Gasteiger partial charge in [-0.05, 0) is 30.9 Å². The van der Waals surface area contributed by atoms with E-state index in [4.69, 9.17) is 14.5 Å². The lowest BCUT2D eigenvalue weighted by Crippen LogP contribution is -2.38. The summed E-state index contributed by atoms with van der Waals surface area (Å²) in [5.41, 5.74) is 2.57. The molecule has 0 bridgehead atoms. The van der Waals surface area contributed by atoms with E-state index >= 15 is 0 Å². The minimum Gasteiger partial charge on any atom is -0.381 e. The fourth-order valence-corrected chi connectivity index (χ4v) is 3.64. The highest BCUT2D eigenvalue weighted by Gasteiger charge is 2.15. The third kappa shape index (κ3) is 7.47. The van der Waals surface area contributed by atoms with E-state index in [1.54, 1.807) is 0 Å². The van der Waals surface area contributed by atoms with Gasteiger partial charge in [0.1, 0.15) is 0 Å². The molecule has 2 N–H and O–H groups in total. The molecule has 1 heterocycles. The number of aliphatic imine (C=N–C) groups is 1. The van der Waals surface area contributed by atoms with Crippen LogP contribution >= 0.6 is 0 Å². The molecule has 162 valence electrons. The van der Waals surface area contributed by atoms with Crippen LogP contribution in [-0.4, -0.2) is 52.0 Å². The van der Waals surface area contributed by atoms with Crippen molar-refractivity contribution in [3.63, 3.8) is 0 Å². The first-order chi connectivity index (χ1) is 14.9. The van der Waals surface area contributed by atoms with E-state index in [1.165, 1.54) is 11.1 Å². The molecule has 2 aromatic rings. The molecular formula is C25H35N3O2. The Hall–Kier alpha value is -2.37. The second-order valence-corrected chi connectivity index (χ2v) is 7.68. The van der Waals surface area contributed by atoms with Crippen LogP contribution in [0.2, 0.25) is 0 Å². The first kappa shape index (κ1) is 22.3. The molecule has 0 saturated carbocycles. The van der Waals surface area contributed by atoms with Crippen molar-refractivity contribution in [1.82, 2.24) is 10.6 Å². The molecule has 0 amide bonds. The number of rotatable bonds is 11. The lowest BCUT2D eigenvalue weighted by molar-refractivity contribution is 0.0888. The third-order valence-electron chi connectivity index (χ3n) is 5.32. The summed E-state index contributed by atoms with van der Waals surface area (Å²) < 4.78 is 11.2. The first-order valence-corrected chi connectivity index (χ1v) is 11.1. The fourth-order valence-electron chi connectivity index (χ4n) is 3.64. The summed E-state index contributed by atoms with van der Waals surface area (Å²) in [5, 5.41) is 6.80. The number of nitrogens with one attached hydrogen (secondary N) is 2. The highest BCUT2D eigenvalue weighted by molar-refractivity contribution is 5.79. The van der Waals surface area contributed by atoms with Crippen LogP contribution in [0.15, 0.2) is 65.7 Å². The molecule has 0 aliphatic carbocycles. The van der Waals surface area contributed by atoms with Crippen LogP contribution in [0.25, 0.3) is 0 Å². The van der Waals surface area contributed by atoms with Gasteiger partial charge in [0.15, 0.2) is 5.96 Å². The highest BCUT2D eigenvalue weighted by atomic mass is 16.5. The quantitative estimate of drug-likeness (QED) is 0.337. The summed E-state index contributed by atoms with van der Waals surface area (Å²) in [6.45, 7) is 7.77. The molecule has 0 spiro atoms. The van der Waals surface area contributed by atoms with E-state index in [-0.39, 0.29) is 5.92 Å². The Bertz CT molecular complexity index is 691. The van der Waals surface area contributed by atoms with Crippen LogP contribution in [0, 0.1) is 5.92 Å². The van der Waals surface area contributed by atoms with Gasteiger partial charge in [0, 0.05) is 38.1 Å². The molecule has 5 heteroatoms. The monoisotopic (exact) mass is 409 g/mol. The Morgan fingerprint density at radius 3 is 2.37 bits per heavy atom. The predicted octanol–water partition coefficient (Wildman–Crippen LogP) is 3.82. The smallest absolute Gasteiger partial charge is 0.191 e. The van der Waals surface area contributed by atoms with E-state index in [1.807, 2.05) is 0 Å². The Balaban J connectivity index is 1.51. The summed E-state index contributed by atoms with van der Waals surface area (Å²) >= 11 is 0. The summed E-state index contributed by atoms with van der Waals surface area (Å²) in [7, 11) is 0. The number of hydrogen-bond acceptors (Lipinski definition) is 3. The predicted molar refractivity (Wildman–Crippen MR) is 123 cm³/mol. The molecule has 1 fully saturated rings. The maximum Gasteiger partial charge on any atom is 0.191 e. The molecule has 30 heavy (non-hydrogen) atoms. The van der Waals surface area contributed by atoms with Crippen LogP contribution in [0.1, 0.15) is 36.8 Å². The average molecular weight is 410 g/mol. The normalized spacial score (nSPS) is 16.7. The Morgan fingerprint density at radius 2 is 1.77 bits per heavy atom. The van der Waals surface area contributed by atoms with Gasteiger partial charge < -0.3 is 20.1 Å². The van der Waals surface area contributed by atoms with E-state index in [0.717, 1.165) is 58.3 Å². The zero-order chi connectivity index (χ0) is 20.9. The van der Waals surface area contributed by atoms with E-state index in [0.29, 0.717) is 12.5 Å². The van der Waals surface area contributed by atoms with Gasteiger partial charge in [-0.3, -0.25) is 4.99 Å². The maximum absolute atomic E-state index is 5.79. The molecule has 0 radical (unpaired) electrons. The van der Waals surface area contributed by atoms with Crippen molar-refractivity contribution < 1.29 is 9.47 Å². The summed E-state index contributed by atoms with van der Waals surface area (Å²) in [4.78, 5) is 4.88. The van der Waals surface area contributed by atoms with Gasteiger partial charge in [-0.1, -0.05) is 60.7 Å². The van der Waals surface area contributed by atoms with E-state index in [9.17, 15) is 0 Å². The van der Waals surface area contributed by atoms with E-state index in [2.05, 4.69) is 78.2 Å². The van der Waals surface area contributed by atoms with Crippen molar-refractivity contribution in [3.05, 3.63) is 71.8 Å². The minimum atomic E-state index is 0.236. The Morgan fingerprint density at radius 1 is 1.07 bits per heavy atom. The zero-order valence-corrected chi connectivity index (χ0v) is 18.1. The van der Waals surface area contributed by atoms with Crippen molar-refractivity contribution in [2.45, 2.75) is 25.7 Å². The standard InChI is InChI=1S/C25H35N3O2/c1-2-26-25(27-15-9-16-29-19-21-14-17-30-20-21)28-18-24(22-10-5-3-6-11-22)23-12-7-4-8-13-23/h3-8,10-13,21,24H,2,9,14-20H2,1H3,(H2,26,27,28). The van der Waals surface area contributed by atoms with Crippen LogP contribution in [0.4, 0.5) is 0 Å². The highest BCUT2D eigenvalue weighted by Crippen LogP contribution is 2.24. The van der Waals surface area contributed by atoms with Crippen molar-refractivity contribution in [3.8, 4) is 0 Å². The second-order valence-electron chi connectivity index (χ2n) is 7.68. The van der Waals surface area contributed by atoms with E-state index < -0.39 is 0 Å². The van der Waals surface area contributed by atoms with Gasteiger partial charge in [-0.2, -0.15) is 0 Å². The van der Waals surface area contributed by atoms with Crippen LogP contribution < -0.4 is 10.6 Å². The van der Waals surface area contributed by atoms with Crippen LogP contribution in [0.5, 0.6) is 0 Å². The summed E-state index contributed by atoms with van der Waals surface area (Å²) in [6.07, 6.45) is 2.08. The molecule has 1 aliphatic heterocycles. The van der Waals surface area contributed by atoms with Gasteiger partial charge in [-0.25, -0.2) is 0 Å². The molecule has 3 rings (SSSR count). The molecule has 1 aliphatic rings. The molecule has 1 saturated heterocycles. The van der Waals surface area contributed by atoms with Crippen molar-refractivity contribution >= 4 is 5.96 Å². The summed E-state index contributed by atoms with van der Waals surface area (Å²) in [5.74, 6) is 1.67. The fraction of sp³-hybridized carbons (Fsp3) is 0.480. The number of guanidine groups is 1. The zero-order valence-electron chi connectivity index (χ0n) is 18.1. The third-order valence-corrected chi connectivity index (χ3v) is 5.32. The first-order valence-electron chi connectivity index (χ1n) is 11.1. The lowest BCUT2D eigenvalue weighted by Gasteiger charge is -2.18. The van der Waals surface area contributed by atoms with Gasteiger partial charge in [0.25, 0.3) is 0 Å². The van der Waals surface area contributed by atoms with Gasteiger partial charge in [0.2, 0.25) is 0 Å². The summed E-state index contributed by atoms with van der Waals surface area (Å²) in [6, 6.07) is 21.2. The number of nitrogens with zero attached hydrogens (tertiary/aromatic N) is 1. The lowest BCUT2D eigenvalue weighted by atomic mass is 9.91.